The number of benzene rings is 2. The van der Waals surface area contributed by atoms with Crippen LogP contribution in [-0.2, 0) is 4.79 Å². The molecule has 0 heterocycles. The third kappa shape index (κ3) is 7.00. The lowest BCUT2D eigenvalue weighted by atomic mass is 10.1. The van der Waals surface area contributed by atoms with E-state index in [0.717, 1.165) is 21.5 Å². The van der Waals surface area contributed by atoms with Crippen molar-refractivity contribution in [2.75, 3.05) is 18.5 Å². The van der Waals surface area contributed by atoms with Gasteiger partial charge in [0.2, 0.25) is 5.91 Å². The van der Waals surface area contributed by atoms with Crippen molar-refractivity contribution in [3.8, 4) is 5.75 Å². The van der Waals surface area contributed by atoms with Crippen molar-refractivity contribution in [1.82, 2.24) is 5.32 Å². The summed E-state index contributed by atoms with van der Waals surface area (Å²) in [5.74, 6) is 0.996. The largest absolute Gasteiger partial charge is 0.492 e. The molecule has 0 saturated heterocycles. The fraction of sp³-hybridized carbons (Fsp3) is 0.364. The Morgan fingerprint density at radius 1 is 1.14 bits per heavy atom. The molecule has 0 aliphatic rings. The molecule has 0 unspecified atom stereocenters. The van der Waals surface area contributed by atoms with E-state index in [1.807, 2.05) is 45.0 Å². The van der Waals surface area contributed by atoms with E-state index < -0.39 is 0 Å². The summed E-state index contributed by atoms with van der Waals surface area (Å²) in [5, 5.41) is 5.80. The maximum Gasteiger partial charge on any atom is 0.251 e. The van der Waals surface area contributed by atoms with Crippen molar-refractivity contribution in [2.24, 2.45) is 5.92 Å². The molecular weight excluding hydrogens is 420 g/mol. The number of amides is 2. The van der Waals surface area contributed by atoms with Gasteiger partial charge in [0.15, 0.2) is 0 Å². The van der Waals surface area contributed by atoms with E-state index >= 15 is 0 Å². The first kappa shape index (κ1) is 22.0. The van der Waals surface area contributed by atoms with Crippen LogP contribution in [-0.4, -0.2) is 25.0 Å². The highest BCUT2D eigenvalue weighted by Crippen LogP contribution is 2.24. The topological polar surface area (TPSA) is 67.4 Å². The summed E-state index contributed by atoms with van der Waals surface area (Å²) in [6, 6.07) is 12.9. The molecule has 5 nitrogen and oxygen atoms in total. The van der Waals surface area contributed by atoms with E-state index in [2.05, 4.69) is 26.6 Å². The first-order valence-electron chi connectivity index (χ1n) is 9.43. The van der Waals surface area contributed by atoms with Crippen LogP contribution in [0.4, 0.5) is 5.69 Å². The van der Waals surface area contributed by atoms with Crippen molar-refractivity contribution >= 4 is 33.4 Å². The van der Waals surface area contributed by atoms with Gasteiger partial charge in [-0.05, 0) is 71.1 Å². The SMILES string of the molecule is Cc1cc(C(=O)NCC(C)C)ccc1NC(=O)CCCOc1ccccc1Br. The Morgan fingerprint density at radius 3 is 2.57 bits per heavy atom. The monoisotopic (exact) mass is 446 g/mol. The summed E-state index contributed by atoms with van der Waals surface area (Å²) in [5.41, 5.74) is 2.17. The molecule has 0 spiro atoms. The average Bonchev–Trinajstić information content (AvgIpc) is 2.66. The zero-order chi connectivity index (χ0) is 20.5. The molecule has 2 aromatic carbocycles. The van der Waals surface area contributed by atoms with E-state index in [4.69, 9.17) is 4.74 Å². The summed E-state index contributed by atoms with van der Waals surface area (Å²) < 4.78 is 6.57. The van der Waals surface area contributed by atoms with Crippen molar-refractivity contribution in [3.63, 3.8) is 0 Å². The fourth-order valence-electron chi connectivity index (χ4n) is 2.53. The Hall–Kier alpha value is -2.34. The Labute approximate surface area is 175 Å². The molecule has 0 atom stereocenters. The van der Waals surface area contributed by atoms with Gasteiger partial charge >= 0.3 is 0 Å². The minimum absolute atomic E-state index is 0.0733. The highest BCUT2D eigenvalue weighted by Gasteiger charge is 2.10. The molecule has 0 saturated carbocycles. The number of hydrogen-bond donors (Lipinski definition) is 2. The molecule has 150 valence electrons. The predicted molar refractivity (Wildman–Crippen MR) is 116 cm³/mol. The first-order valence-corrected chi connectivity index (χ1v) is 10.2. The van der Waals surface area contributed by atoms with Gasteiger partial charge in [0.1, 0.15) is 5.75 Å². The minimum atomic E-state index is -0.0982. The predicted octanol–water partition coefficient (Wildman–Crippen LogP) is 4.94. The third-order valence-corrected chi connectivity index (χ3v) is 4.73. The lowest BCUT2D eigenvalue weighted by Crippen LogP contribution is -2.27. The van der Waals surface area contributed by atoms with Crippen molar-refractivity contribution in [1.29, 1.82) is 0 Å². The van der Waals surface area contributed by atoms with Gasteiger partial charge in [0, 0.05) is 24.2 Å². The molecular formula is C22H27BrN2O3. The number of para-hydroxylation sites is 1. The van der Waals surface area contributed by atoms with Crippen LogP contribution in [0.25, 0.3) is 0 Å². The minimum Gasteiger partial charge on any atom is -0.492 e. The Bertz CT molecular complexity index is 821. The van der Waals surface area contributed by atoms with Crippen molar-refractivity contribution < 1.29 is 14.3 Å². The Balaban J connectivity index is 1.80. The van der Waals surface area contributed by atoms with E-state index in [1.165, 1.54) is 0 Å². The highest BCUT2D eigenvalue weighted by atomic mass is 79.9. The van der Waals surface area contributed by atoms with Crippen LogP contribution in [0.3, 0.4) is 0 Å². The molecule has 0 aliphatic heterocycles. The molecule has 2 aromatic rings. The number of carbonyl (C=O) groups is 2. The van der Waals surface area contributed by atoms with Gasteiger partial charge < -0.3 is 15.4 Å². The molecule has 0 aliphatic carbocycles. The Morgan fingerprint density at radius 2 is 1.89 bits per heavy atom. The zero-order valence-corrected chi connectivity index (χ0v) is 18.1. The van der Waals surface area contributed by atoms with Crippen LogP contribution >= 0.6 is 15.9 Å². The molecule has 2 N–H and O–H groups in total. The lowest BCUT2D eigenvalue weighted by molar-refractivity contribution is -0.116. The lowest BCUT2D eigenvalue weighted by Gasteiger charge is -2.12. The van der Waals surface area contributed by atoms with Gasteiger partial charge in [-0.25, -0.2) is 0 Å². The maximum absolute atomic E-state index is 12.2. The van der Waals surface area contributed by atoms with Crippen LogP contribution in [0.2, 0.25) is 0 Å². The van der Waals surface area contributed by atoms with E-state index in [9.17, 15) is 9.59 Å². The number of carbonyl (C=O) groups excluding carboxylic acids is 2. The van der Waals surface area contributed by atoms with Crippen LogP contribution < -0.4 is 15.4 Å². The van der Waals surface area contributed by atoms with E-state index in [-0.39, 0.29) is 11.8 Å². The average molecular weight is 447 g/mol. The number of nitrogens with one attached hydrogen (secondary N) is 2. The van der Waals surface area contributed by atoms with Crippen LogP contribution in [0.15, 0.2) is 46.9 Å². The van der Waals surface area contributed by atoms with Crippen LogP contribution in [0, 0.1) is 12.8 Å². The summed E-state index contributed by atoms with van der Waals surface area (Å²) in [6.45, 7) is 7.08. The molecule has 2 rings (SSSR count). The summed E-state index contributed by atoms with van der Waals surface area (Å²) in [6.07, 6.45) is 0.975. The van der Waals surface area contributed by atoms with Crippen molar-refractivity contribution in [2.45, 2.75) is 33.6 Å². The zero-order valence-electron chi connectivity index (χ0n) is 16.5. The maximum atomic E-state index is 12.2. The molecule has 28 heavy (non-hydrogen) atoms. The molecule has 0 aromatic heterocycles. The van der Waals surface area contributed by atoms with Gasteiger partial charge in [-0.1, -0.05) is 26.0 Å². The van der Waals surface area contributed by atoms with Gasteiger partial charge in [-0.3, -0.25) is 9.59 Å². The van der Waals surface area contributed by atoms with Crippen LogP contribution in [0.5, 0.6) is 5.75 Å². The molecule has 0 fully saturated rings. The van der Waals surface area contributed by atoms with E-state index in [0.29, 0.717) is 37.5 Å². The van der Waals surface area contributed by atoms with Gasteiger partial charge in [0.05, 0.1) is 11.1 Å². The second kappa shape index (κ2) is 10.9. The Kier molecular flexibility index (Phi) is 8.51. The quantitative estimate of drug-likeness (QED) is 0.535. The molecule has 6 heteroatoms. The van der Waals surface area contributed by atoms with Gasteiger partial charge in [-0.15, -0.1) is 0 Å². The second-order valence-electron chi connectivity index (χ2n) is 7.06. The molecule has 0 bridgehead atoms. The molecule has 0 radical (unpaired) electrons. The fourth-order valence-corrected chi connectivity index (χ4v) is 2.93. The number of halogens is 1. The van der Waals surface area contributed by atoms with Crippen LogP contribution in [0.1, 0.15) is 42.6 Å². The van der Waals surface area contributed by atoms with Crippen molar-refractivity contribution in [3.05, 3.63) is 58.1 Å². The standard InChI is InChI=1S/C22H27BrN2O3/c1-15(2)14-24-22(27)17-10-11-19(16(3)13-17)25-21(26)9-6-12-28-20-8-5-4-7-18(20)23/h4-5,7-8,10-11,13,15H,6,9,12,14H2,1-3H3,(H,24,27)(H,25,26). The summed E-state index contributed by atoms with van der Waals surface area (Å²) in [4.78, 5) is 24.3. The first-order chi connectivity index (χ1) is 13.4. The summed E-state index contributed by atoms with van der Waals surface area (Å²) >= 11 is 3.43. The number of anilines is 1. The van der Waals surface area contributed by atoms with E-state index in [1.54, 1.807) is 18.2 Å². The normalized spacial score (nSPS) is 10.6. The number of rotatable bonds is 9. The summed E-state index contributed by atoms with van der Waals surface area (Å²) in [7, 11) is 0. The number of aryl methyl sites for hydroxylation is 1. The molecule has 2 amide bonds. The second-order valence-corrected chi connectivity index (χ2v) is 7.92. The smallest absolute Gasteiger partial charge is 0.251 e. The number of hydrogen-bond acceptors (Lipinski definition) is 3. The number of ether oxygens (including phenoxy) is 1. The van der Waals surface area contributed by atoms with Gasteiger partial charge in [-0.2, -0.15) is 0 Å². The highest BCUT2D eigenvalue weighted by molar-refractivity contribution is 9.10. The van der Waals surface area contributed by atoms with Gasteiger partial charge in [0.25, 0.3) is 5.91 Å². The third-order valence-electron chi connectivity index (χ3n) is 4.08.